The largest absolute Gasteiger partial charge is 0.481 e. The number of amides is 1. The third kappa shape index (κ3) is 3.88. The van der Waals surface area contributed by atoms with Gasteiger partial charge in [0.2, 0.25) is 5.91 Å². The summed E-state index contributed by atoms with van der Waals surface area (Å²) in [6.07, 6.45) is 2.22. The zero-order chi connectivity index (χ0) is 20.4. The van der Waals surface area contributed by atoms with Crippen molar-refractivity contribution in [3.63, 3.8) is 0 Å². The highest BCUT2D eigenvalue weighted by Crippen LogP contribution is 2.43. The molecule has 0 fully saturated rings. The van der Waals surface area contributed by atoms with Crippen molar-refractivity contribution in [1.29, 1.82) is 0 Å². The molecule has 4 N–H and O–H groups in total. The number of fused-ring (bicyclic) bond motifs is 3. The Morgan fingerprint density at radius 2 is 2.14 bits per heavy atom. The van der Waals surface area contributed by atoms with E-state index in [2.05, 4.69) is 5.32 Å². The number of aryl methyl sites for hydroxylation is 1. The highest BCUT2D eigenvalue weighted by Gasteiger charge is 2.33. The van der Waals surface area contributed by atoms with Gasteiger partial charge in [0.05, 0.1) is 0 Å². The molecule has 7 nitrogen and oxygen atoms in total. The molecule has 150 valence electrons. The number of carbonyl (C=O) groups is 2. The van der Waals surface area contributed by atoms with E-state index in [1.165, 1.54) is 0 Å². The lowest BCUT2D eigenvalue weighted by Gasteiger charge is -2.21. The van der Waals surface area contributed by atoms with E-state index in [1.807, 2.05) is 26.0 Å². The molecule has 1 heterocycles. The van der Waals surface area contributed by atoms with Crippen LogP contribution in [0, 0.1) is 12.8 Å². The number of carboxylic acids is 1. The highest BCUT2D eigenvalue weighted by molar-refractivity contribution is 5.88. The van der Waals surface area contributed by atoms with Crippen LogP contribution in [0.4, 0.5) is 5.69 Å². The van der Waals surface area contributed by atoms with Gasteiger partial charge >= 0.3 is 11.6 Å². The van der Waals surface area contributed by atoms with Crippen molar-refractivity contribution >= 4 is 28.5 Å². The number of nitrogen functional groups attached to an aromatic ring is 1. The Bertz CT molecular complexity index is 979. The van der Waals surface area contributed by atoms with E-state index in [1.54, 1.807) is 0 Å². The topological polar surface area (TPSA) is 123 Å². The number of carbonyl (C=O) groups excluding carboxylic acids is 1. The number of nitrogens with one attached hydrogen (secondary N) is 1. The van der Waals surface area contributed by atoms with Gasteiger partial charge in [0, 0.05) is 41.6 Å². The van der Waals surface area contributed by atoms with Crippen LogP contribution < -0.4 is 16.7 Å². The molecule has 0 spiro atoms. The smallest absolute Gasteiger partial charge is 0.339 e. The van der Waals surface area contributed by atoms with Crippen LogP contribution in [-0.2, 0) is 16.0 Å². The first kappa shape index (κ1) is 19.9. The maximum atomic E-state index is 12.5. The van der Waals surface area contributed by atoms with Crippen molar-refractivity contribution < 1.29 is 19.1 Å². The van der Waals surface area contributed by atoms with Gasteiger partial charge in [0.25, 0.3) is 0 Å². The third-order valence-electron chi connectivity index (χ3n) is 5.66. The van der Waals surface area contributed by atoms with Crippen LogP contribution in [0.1, 0.15) is 55.2 Å². The SMILES string of the molecule is Cc1c(N)ccc2c3c(c(=O)oc12)CCC3C(C)CC(=O)NCCCC(=O)O. The number of hydrogen-bond acceptors (Lipinski definition) is 5. The fourth-order valence-corrected chi connectivity index (χ4v) is 4.13. The van der Waals surface area contributed by atoms with Crippen LogP contribution in [0.15, 0.2) is 21.3 Å². The Hall–Kier alpha value is -2.83. The van der Waals surface area contributed by atoms with Crippen LogP contribution in [-0.4, -0.2) is 23.5 Å². The summed E-state index contributed by atoms with van der Waals surface area (Å²) in [5.74, 6) is -0.830. The van der Waals surface area contributed by atoms with E-state index in [9.17, 15) is 14.4 Å². The van der Waals surface area contributed by atoms with E-state index < -0.39 is 5.97 Å². The number of aliphatic carboxylic acids is 1. The molecule has 28 heavy (non-hydrogen) atoms. The summed E-state index contributed by atoms with van der Waals surface area (Å²) in [7, 11) is 0. The van der Waals surface area contributed by atoms with Gasteiger partial charge in [-0.15, -0.1) is 0 Å². The van der Waals surface area contributed by atoms with E-state index in [0.29, 0.717) is 42.6 Å². The number of benzene rings is 1. The Labute approximate surface area is 162 Å². The van der Waals surface area contributed by atoms with Gasteiger partial charge in [0.1, 0.15) is 5.58 Å². The Morgan fingerprint density at radius 1 is 1.39 bits per heavy atom. The zero-order valence-electron chi connectivity index (χ0n) is 16.2. The number of anilines is 1. The van der Waals surface area contributed by atoms with Crippen LogP contribution in [0.2, 0.25) is 0 Å². The van der Waals surface area contributed by atoms with Crippen molar-refractivity contribution in [2.75, 3.05) is 12.3 Å². The number of rotatable bonds is 7. The quantitative estimate of drug-likeness (QED) is 0.382. The predicted molar refractivity (Wildman–Crippen MR) is 106 cm³/mol. The second kappa shape index (κ2) is 8.04. The second-order valence-corrected chi connectivity index (χ2v) is 7.61. The van der Waals surface area contributed by atoms with Crippen LogP contribution in [0.25, 0.3) is 11.0 Å². The van der Waals surface area contributed by atoms with Gasteiger partial charge in [-0.25, -0.2) is 4.79 Å². The van der Waals surface area contributed by atoms with Crippen molar-refractivity contribution in [1.82, 2.24) is 5.32 Å². The molecule has 1 amide bonds. The summed E-state index contributed by atoms with van der Waals surface area (Å²) in [5.41, 5.74) is 9.21. The molecule has 2 atom stereocenters. The predicted octanol–water partition coefficient (Wildman–Crippen LogP) is 2.72. The average Bonchev–Trinajstić information content (AvgIpc) is 3.08. The summed E-state index contributed by atoms with van der Waals surface area (Å²) in [5, 5.41) is 12.3. The summed E-state index contributed by atoms with van der Waals surface area (Å²) in [4.78, 5) is 35.3. The summed E-state index contributed by atoms with van der Waals surface area (Å²) in [6, 6.07) is 3.73. The van der Waals surface area contributed by atoms with E-state index in [4.69, 9.17) is 15.3 Å². The first-order valence-electron chi connectivity index (χ1n) is 9.62. The van der Waals surface area contributed by atoms with Crippen LogP contribution in [0.3, 0.4) is 0 Å². The molecule has 7 heteroatoms. The number of hydrogen-bond donors (Lipinski definition) is 3. The van der Waals surface area contributed by atoms with E-state index in [0.717, 1.165) is 22.9 Å². The molecule has 0 aliphatic heterocycles. The molecule has 0 radical (unpaired) electrons. The van der Waals surface area contributed by atoms with Crippen LogP contribution >= 0.6 is 0 Å². The fraction of sp³-hybridized carbons (Fsp3) is 0.476. The zero-order valence-corrected chi connectivity index (χ0v) is 16.2. The van der Waals surface area contributed by atoms with Gasteiger partial charge in [-0.05, 0) is 55.7 Å². The van der Waals surface area contributed by atoms with Crippen molar-refractivity contribution in [2.45, 2.75) is 51.9 Å². The molecule has 2 unspecified atom stereocenters. The van der Waals surface area contributed by atoms with Gasteiger partial charge in [-0.1, -0.05) is 6.92 Å². The van der Waals surface area contributed by atoms with Crippen molar-refractivity contribution in [3.05, 3.63) is 39.2 Å². The summed E-state index contributed by atoms with van der Waals surface area (Å²) < 4.78 is 5.55. The third-order valence-corrected chi connectivity index (χ3v) is 5.66. The lowest BCUT2D eigenvalue weighted by molar-refractivity contribution is -0.137. The maximum Gasteiger partial charge on any atom is 0.339 e. The van der Waals surface area contributed by atoms with E-state index in [-0.39, 0.29) is 29.8 Å². The normalized spacial score (nSPS) is 16.7. The molecular weight excluding hydrogens is 360 g/mol. The summed E-state index contributed by atoms with van der Waals surface area (Å²) >= 11 is 0. The standard InChI is InChI=1S/C21H26N2O5/c1-11(10-17(24)23-9-3-4-18(25)26)13-5-6-15-19(13)14-7-8-16(22)12(2)20(14)28-21(15)27/h7-8,11,13H,3-6,9-10,22H2,1-2H3,(H,23,24)(H,25,26). The lowest BCUT2D eigenvalue weighted by atomic mass is 9.84. The highest BCUT2D eigenvalue weighted by atomic mass is 16.4. The molecule has 0 saturated carbocycles. The molecule has 1 aromatic heterocycles. The van der Waals surface area contributed by atoms with E-state index >= 15 is 0 Å². The molecule has 0 saturated heterocycles. The molecule has 1 aliphatic carbocycles. The van der Waals surface area contributed by atoms with Gasteiger partial charge < -0.3 is 20.6 Å². The lowest BCUT2D eigenvalue weighted by Crippen LogP contribution is -2.27. The second-order valence-electron chi connectivity index (χ2n) is 7.61. The minimum absolute atomic E-state index is 0.0378. The average molecular weight is 386 g/mol. The molecular formula is C21H26N2O5. The molecule has 1 aromatic carbocycles. The maximum absolute atomic E-state index is 12.5. The molecule has 0 bridgehead atoms. The fourth-order valence-electron chi connectivity index (χ4n) is 4.13. The number of carboxylic acid groups (broad SMARTS) is 1. The van der Waals surface area contributed by atoms with Crippen molar-refractivity contribution in [3.8, 4) is 0 Å². The van der Waals surface area contributed by atoms with Gasteiger partial charge in [-0.3, -0.25) is 9.59 Å². The minimum atomic E-state index is -0.869. The van der Waals surface area contributed by atoms with Crippen molar-refractivity contribution in [2.24, 2.45) is 5.92 Å². The summed E-state index contributed by atoms with van der Waals surface area (Å²) in [6.45, 7) is 4.20. The monoisotopic (exact) mass is 386 g/mol. The minimum Gasteiger partial charge on any atom is -0.481 e. The molecule has 2 aromatic rings. The molecule has 3 rings (SSSR count). The van der Waals surface area contributed by atoms with Gasteiger partial charge in [-0.2, -0.15) is 0 Å². The first-order chi connectivity index (χ1) is 13.3. The molecule has 1 aliphatic rings. The Kier molecular flexibility index (Phi) is 5.72. The Morgan fingerprint density at radius 3 is 2.86 bits per heavy atom. The van der Waals surface area contributed by atoms with Crippen LogP contribution in [0.5, 0.6) is 0 Å². The number of nitrogens with two attached hydrogens (primary N) is 1. The Balaban J connectivity index is 1.79. The van der Waals surface area contributed by atoms with Gasteiger partial charge in [0.15, 0.2) is 0 Å². The first-order valence-corrected chi connectivity index (χ1v) is 9.62.